The second kappa shape index (κ2) is 5.81. The van der Waals surface area contributed by atoms with Gasteiger partial charge in [-0.15, -0.1) is 0 Å². The number of nitrogens with zero attached hydrogens (tertiary/aromatic N) is 2. The summed E-state index contributed by atoms with van der Waals surface area (Å²) in [4.78, 5) is 20.0. The Morgan fingerprint density at radius 1 is 1.75 bits per heavy atom. The second-order valence-electron chi connectivity index (χ2n) is 3.17. The molecule has 88 valence electrons. The van der Waals surface area contributed by atoms with Crippen LogP contribution in [0.5, 0.6) is 0 Å². The predicted octanol–water partition coefficient (Wildman–Crippen LogP) is 0.926. The van der Waals surface area contributed by atoms with Crippen LogP contribution in [-0.2, 0) is 0 Å². The Balaban J connectivity index is 2.90. The number of aromatic amines is 1. The van der Waals surface area contributed by atoms with Crippen LogP contribution in [0.3, 0.4) is 0 Å². The minimum absolute atomic E-state index is 0.0901. The molecule has 0 aliphatic rings. The highest BCUT2D eigenvalue weighted by Gasteiger charge is 2.12. The molecule has 0 fully saturated rings. The maximum Gasteiger partial charge on any atom is 0.271 e. The molecule has 0 amide bonds. The largest absolute Gasteiger partial charge is 0.393 e. The van der Waals surface area contributed by atoms with Crippen LogP contribution >= 0.6 is 23.8 Å². The Morgan fingerprint density at radius 3 is 3.00 bits per heavy atom. The van der Waals surface area contributed by atoms with Gasteiger partial charge >= 0.3 is 0 Å². The van der Waals surface area contributed by atoms with Gasteiger partial charge in [0.1, 0.15) is 5.02 Å². The molecule has 0 saturated heterocycles. The number of hydrogen-bond donors (Lipinski definition) is 2. The van der Waals surface area contributed by atoms with E-state index >= 15 is 0 Å². The fourth-order valence-electron chi connectivity index (χ4n) is 1.25. The van der Waals surface area contributed by atoms with Crippen LogP contribution < -0.4 is 16.2 Å². The normalized spacial score (nSPS) is 10.1. The van der Waals surface area contributed by atoms with Crippen LogP contribution in [0.15, 0.2) is 11.1 Å². The number of anilines is 1. The summed E-state index contributed by atoms with van der Waals surface area (Å²) in [6, 6.07) is 0. The van der Waals surface area contributed by atoms with Crippen molar-refractivity contribution in [1.29, 1.82) is 0 Å². The maximum absolute atomic E-state index is 11.3. The minimum atomic E-state index is -0.347. The predicted molar refractivity (Wildman–Crippen MR) is 69.2 cm³/mol. The first-order chi connectivity index (χ1) is 7.56. The summed E-state index contributed by atoms with van der Waals surface area (Å²) in [6.07, 6.45) is 1.89. The fourth-order valence-corrected chi connectivity index (χ4v) is 1.57. The summed E-state index contributed by atoms with van der Waals surface area (Å²) in [7, 11) is 0. The Bertz CT molecular complexity index is 434. The van der Waals surface area contributed by atoms with Crippen molar-refractivity contribution in [1.82, 2.24) is 9.97 Å². The molecule has 0 spiro atoms. The molecular formula is C9H13ClN4OS. The number of hydrogen-bond acceptors (Lipinski definition) is 4. The second-order valence-corrected chi connectivity index (χ2v) is 4.07. The van der Waals surface area contributed by atoms with Crippen LogP contribution in [0.4, 0.5) is 5.82 Å². The summed E-state index contributed by atoms with van der Waals surface area (Å²) < 4.78 is 0. The molecule has 3 N–H and O–H groups in total. The third-order valence-corrected chi connectivity index (χ3v) is 2.63. The van der Waals surface area contributed by atoms with Gasteiger partial charge in [-0.25, -0.2) is 4.98 Å². The number of H-pyrrole nitrogens is 1. The molecule has 0 radical (unpaired) electrons. The van der Waals surface area contributed by atoms with Crippen LogP contribution in [0, 0.1) is 0 Å². The Labute approximate surface area is 104 Å². The molecule has 1 aromatic rings. The highest BCUT2D eigenvalue weighted by Crippen LogP contribution is 2.17. The van der Waals surface area contributed by atoms with Crippen molar-refractivity contribution in [2.24, 2.45) is 5.73 Å². The maximum atomic E-state index is 11.3. The van der Waals surface area contributed by atoms with Crippen molar-refractivity contribution in [3.05, 3.63) is 21.7 Å². The standard InChI is InChI=1S/C9H13ClN4OS/c1-2-14(4-3-6(11)16)8-7(10)9(15)13-5-12-8/h5H,2-4H2,1H3,(H2,11,16)(H,12,13,15). The molecule has 0 unspecified atom stereocenters. The Morgan fingerprint density at radius 2 is 2.44 bits per heavy atom. The van der Waals surface area contributed by atoms with Crippen molar-refractivity contribution in [2.75, 3.05) is 18.0 Å². The molecule has 1 rings (SSSR count). The number of halogens is 1. The number of nitrogens with two attached hydrogens (primary N) is 1. The smallest absolute Gasteiger partial charge is 0.271 e. The molecule has 1 aromatic heterocycles. The molecule has 5 nitrogen and oxygen atoms in total. The van der Waals surface area contributed by atoms with Crippen LogP contribution in [0.2, 0.25) is 5.02 Å². The average molecular weight is 261 g/mol. The van der Waals surface area contributed by atoms with Crippen LogP contribution in [-0.4, -0.2) is 28.0 Å². The first-order valence-corrected chi connectivity index (χ1v) is 5.61. The molecule has 0 aliphatic heterocycles. The summed E-state index contributed by atoms with van der Waals surface area (Å²) in [5.41, 5.74) is 5.08. The van der Waals surface area contributed by atoms with Gasteiger partial charge in [-0.1, -0.05) is 23.8 Å². The van der Waals surface area contributed by atoms with Gasteiger partial charge in [-0.3, -0.25) is 4.79 Å². The molecule has 0 aromatic carbocycles. The van der Waals surface area contributed by atoms with Gasteiger partial charge in [0, 0.05) is 19.5 Å². The van der Waals surface area contributed by atoms with Gasteiger partial charge in [-0.05, 0) is 6.92 Å². The van der Waals surface area contributed by atoms with Gasteiger partial charge < -0.3 is 15.6 Å². The Kier molecular flexibility index (Phi) is 4.70. The van der Waals surface area contributed by atoms with E-state index in [9.17, 15) is 4.79 Å². The molecule has 7 heteroatoms. The van der Waals surface area contributed by atoms with Crippen molar-refractivity contribution < 1.29 is 0 Å². The zero-order chi connectivity index (χ0) is 12.1. The lowest BCUT2D eigenvalue weighted by Gasteiger charge is -2.21. The molecule has 0 atom stereocenters. The van der Waals surface area contributed by atoms with E-state index in [-0.39, 0.29) is 10.6 Å². The highest BCUT2D eigenvalue weighted by molar-refractivity contribution is 7.80. The van der Waals surface area contributed by atoms with E-state index in [0.717, 1.165) is 0 Å². The van der Waals surface area contributed by atoms with E-state index in [2.05, 4.69) is 9.97 Å². The van der Waals surface area contributed by atoms with Crippen molar-refractivity contribution >= 4 is 34.6 Å². The van der Waals surface area contributed by atoms with E-state index in [0.29, 0.717) is 30.3 Å². The van der Waals surface area contributed by atoms with E-state index < -0.39 is 0 Å². The monoisotopic (exact) mass is 260 g/mol. The average Bonchev–Trinajstić information content (AvgIpc) is 2.24. The first-order valence-electron chi connectivity index (χ1n) is 4.82. The topological polar surface area (TPSA) is 75.0 Å². The van der Waals surface area contributed by atoms with Gasteiger partial charge in [0.05, 0.1) is 11.3 Å². The van der Waals surface area contributed by atoms with E-state index in [1.807, 2.05) is 11.8 Å². The molecule has 0 saturated carbocycles. The summed E-state index contributed by atoms with van der Waals surface area (Å²) in [5, 5.41) is 0.0901. The van der Waals surface area contributed by atoms with Crippen molar-refractivity contribution in [2.45, 2.75) is 13.3 Å². The van der Waals surface area contributed by atoms with E-state index in [1.165, 1.54) is 6.33 Å². The molecule has 16 heavy (non-hydrogen) atoms. The molecule has 1 heterocycles. The zero-order valence-corrected chi connectivity index (χ0v) is 10.4. The van der Waals surface area contributed by atoms with Gasteiger partial charge in [0.25, 0.3) is 5.56 Å². The Hall–Kier alpha value is -1.14. The third-order valence-electron chi connectivity index (χ3n) is 2.09. The van der Waals surface area contributed by atoms with Crippen LogP contribution in [0.25, 0.3) is 0 Å². The van der Waals surface area contributed by atoms with E-state index in [4.69, 9.17) is 29.6 Å². The molecular weight excluding hydrogens is 248 g/mol. The summed E-state index contributed by atoms with van der Waals surface area (Å²) >= 11 is 10.7. The zero-order valence-electron chi connectivity index (χ0n) is 8.86. The summed E-state index contributed by atoms with van der Waals surface area (Å²) in [6.45, 7) is 3.22. The van der Waals surface area contributed by atoms with Crippen molar-refractivity contribution in [3.63, 3.8) is 0 Å². The lowest BCUT2D eigenvalue weighted by Crippen LogP contribution is -2.29. The van der Waals surface area contributed by atoms with Gasteiger partial charge in [0.2, 0.25) is 0 Å². The lowest BCUT2D eigenvalue weighted by atomic mass is 10.3. The third kappa shape index (κ3) is 3.18. The number of thiocarbonyl (C=S) groups is 1. The fraction of sp³-hybridized carbons (Fsp3) is 0.444. The highest BCUT2D eigenvalue weighted by atomic mass is 35.5. The summed E-state index contributed by atoms with van der Waals surface area (Å²) in [5.74, 6) is 0.462. The quantitative estimate of drug-likeness (QED) is 0.771. The minimum Gasteiger partial charge on any atom is -0.393 e. The van der Waals surface area contributed by atoms with Crippen LogP contribution in [0.1, 0.15) is 13.3 Å². The van der Waals surface area contributed by atoms with E-state index in [1.54, 1.807) is 0 Å². The number of rotatable bonds is 5. The number of nitrogens with one attached hydrogen (secondary N) is 1. The van der Waals surface area contributed by atoms with Gasteiger partial charge in [0.15, 0.2) is 5.82 Å². The molecule has 0 bridgehead atoms. The van der Waals surface area contributed by atoms with Crippen molar-refractivity contribution in [3.8, 4) is 0 Å². The van der Waals surface area contributed by atoms with Gasteiger partial charge in [-0.2, -0.15) is 0 Å². The SMILES string of the molecule is CCN(CCC(N)=S)c1nc[nH]c(=O)c1Cl. The lowest BCUT2D eigenvalue weighted by molar-refractivity contribution is 0.814. The molecule has 0 aliphatic carbocycles. The number of aromatic nitrogens is 2. The first kappa shape index (κ1) is 12.9.